The molecule has 3 N–H and O–H groups in total. The molecule has 0 aliphatic carbocycles. The van der Waals surface area contributed by atoms with Crippen molar-refractivity contribution in [3.63, 3.8) is 0 Å². The zero-order chi connectivity index (χ0) is 15.1. The SMILES string of the molecule is CNCCCOc1ccc(S(=O)(=O)Nc2cn[nH]c2)cc1. The molecule has 1 heterocycles. The lowest BCUT2D eigenvalue weighted by Crippen LogP contribution is -2.13. The van der Waals surface area contributed by atoms with Crippen molar-refractivity contribution in [2.24, 2.45) is 0 Å². The summed E-state index contributed by atoms with van der Waals surface area (Å²) in [5.74, 6) is 0.647. The van der Waals surface area contributed by atoms with E-state index in [1.807, 2.05) is 7.05 Å². The van der Waals surface area contributed by atoms with Crippen LogP contribution in [0.25, 0.3) is 0 Å². The molecule has 0 saturated carbocycles. The van der Waals surface area contributed by atoms with Crippen molar-refractivity contribution in [3.8, 4) is 5.75 Å². The van der Waals surface area contributed by atoms with Gasteiger partial charge in [0.2, 0.25) is 0 Å². The minimum absolute atomic E-state index is 0.172. The van der Waals surface area contributed by atoms with Gasteiger partial charge in [-0.25, -0.2) is 8.42 Å². The van der Waals surface area contributed by atoms with Crippen molar-refractivity contribution in [1.82, 2.24) is 15.5 Å². The molecule has 1 aromatic heterocycles. The molecule has 0 atom stereocenters. The molecule has 0 bridgehead atoms. The predicted molar refractivity (Wildman–Crippen MR) is 79.9 cm³/mol. The Labute approximate surface area is 123 Å². The Kier molecular flexibility index (Phi) is 5.18. The van der Waals surface area contributed by atoms with Gasteiger partial charge in [0.1, 0.15) is 5.75 Å². The van der Waals surface area contributed by atoms with E-state index in [1.54, 1.807) is 12.1 Å². The number of nitrogens with zero attached hydrogens (tertiary/aromatic N) is 1. The standard InChI is InChI=1S/C13H18N4O3S/c1-14-7-2-8-20-12-3-5-13(6-4-12)21(18,19)17-11-9-15-16-10-11/h3-6,9-10,14,17H,2,7-8H2,1H3,(H,15,16). The number of hydrogen-bond acceptors (Lipinski definition) is 5. The highest BCUT2D eigenvalue weighted by Crippen LogP contribution is 2.18. The first-order valence-corrected chi connectivity index (χ1v) is 7.99. The number of aromatic amines is 1. The van der Waals surface area contributed by atoms with Crippen LogP contribution in [0.4, 0.5) is 5.69 Å². The van der Waals surface area contributed by atoms with Gasteiger partial charge in [-0.1, -0.05) is 0 Å². The predicted octanol–water partition coefficient (Wildman–Crippen LogP) is 1.20. The van der Waals surface area contributed by atoms with Crippen LogP contribution in [-0.2, 0) is 10.0 Å². The number of H-pyrrole nitrogens is 1. The molecule has 0 spiro atoms. The molecule has 0 amide bonds. The van der Waals surface area contributed by atoms with Gasteiger partial charge in [-0.05, 0) is 44.3 Å². The first kappa shape index (κ1) is 15.3. The number of nitrogens with one attached hydrogen (secondary N) is 3. The number of ether oxygens (including phenoxy) is 1. The molecule has 0 aliphatic rings. The van der Waals surface area contributed by atoms with E-state index in [1.165, 1.54) is 24.5 Å². The Morgan fingerprint density at radius 3 is 2.67 bits per heavy atom. The van der Waals surface area contributed by atoms with Gasteiger partial charge in [-0.2, -0.15) is 5.10 Å². The summed E-state index contributed by atoms with van der Waals surface area (Å²) in [6, 6.07) is 6.30. The van der Waals surface area contributed by atoms with E-state index in [4.69, 9.17) is 4.74 Å². The highest BCUT2D eigenvalue weighted by molar-refractivity contribution is 7.92. The Morgan fingerprint density at radius 2 is 2.05 bits per heavy atom. The van der Waals surface area contributed by atoms with E-state index in [9.17, 15) is 8.42 Å². The van der Waals surface area contributed by atoms with Crippen LogP contribution < -0.4 is 14.8 Å². The summed E-state index contributed by atoms with van der Waals surface area (Å²) in [4.78, 5) is 0.172. The second-order valence-electron chi connectivity index (χ2n) is 4.37. The van der Waals surface area contributed by atoms with E-state index in [0.29, 0.717) is 18.0 Å². The summed E-state index contributed by atoms with van der Waals surface area (Å²) >= 11 is 0. The monoisotopic (exact) mass is 310 g/mol. The lowest BCUT2D eigenvalue weighted by atomic mass is 10.3. The van der Waals surface area contributed by atoms with E-state index in [2.05, 4.69) is 20.2 Å². The molecule has 0 fully saturated rings. The van der Waals surface area contributed by atoms with Crippen LogP contribution >= 0.6 is 0 Å². The van der Waals surface area contributed by atoms with Crippen LogP contribution in [-0.4, -0.2) is 38.8 Å². The van der Waals surface area contributed by atoms with Crippen LogP contribution in [0.2, 0.25) is 0 Å². The molecule has 0 radical (unpaired) electrons. The van der Waals surface area contributed by atoms with Gasteiger partial charge < -0.3 is 10.1 Å². The molecule has 2 rings (SSSR count). The van der Waals surface area contributed by atoms with Gasteiger partial charge >= 0.3 is 0 Å². The summed E-state index contributed by atoms with van der Waals surface area (Å²) in [6.07, 6.45) is 3.76. The topological polar surface area (TPSA) is 96.1 Å². The molecule has 1 aromatic carbocycles. The highest BCUT2D eigenvalue weighted by atomic mass is 32.2. The maximum atomic E-state index is 12.1. The number of benzene rings is 1. The van der Waals surface area contributed by atoms with Gasteiger partial charge in [0.25, 0.3) is 10.0 Å². The van der Waals surface area contributed by atoms with Crippen LogP contribution in [0.3, 0.4) is 0 Å². The fraction of sp³-hybridized carbons (Fsp3) is 0.308. The smallest absolute Gasteiger partial charge is 0.261 e. The van der Waals surface area contributed by atoms with E-state index in [0.717, 1.165) is 13.0 Å². The van der Waals surface area contributed by atoms with Gasteiger partial charge in [0.15, 0.2) is 0 Å². The number of anilines is 1. The third-order valence-corrected chi connectivity index (χ3v) is 4.12. The third kappa shape index (κ3) is 4.47. The van der Waals surface area contributed by atoms with Crippen molar-refractivity contribution in [3.05, 3.63) is 36.7 Å². The second kappa shape index (κ2) is 7.09. The van der Waals surface area contributed by atoms with Gasteiger partial charge in [0.05, 0.1) is 23.4 Å². The maximum Gasteiger partial charge on any atom is 0.261 e. The molecule has 7 nitrogen and oxygen atoms in total. The third-order valence-electron chi connectivity index (χ3n) is 2.72. The van der Waals surface area contributed by atoms with Crippen LogP contribution in [0, 0.1) is 0 Å². The highest BCUT2D eigenvalue weighted by Gasteiger charge is 2.14. The van der Waals surface area contributed by atoms with Crippen molar-refractivity contribution in [1.29, 1.82) is 0 Å². The number of sulfonamides is 1. The second-order valence-corrected chi connectivity index (χ2v) is 6.05. The molecular weight excluding hydrogens is 292 g/mol. The first-order valence-electron chi connectivity index (χ1n) is 6.51. The molecule has 114 valence electrons. The average Bonchev–Trinajstić information content (AvgIpc) is 2.96. The molecule has 21 heavy (non-hydrogen) atoms. The minimum atomic E-state index is -3.60. The van der Waals surface area contributed by atoms with E-state index < -0.39 is 10.0 Å². The molecule has 0 unspecified atom stereocenters. The Bertz CT molecular complexity index is 639. The summed E-state index contributed by atoms with van der Waals surface area (Å²) in [5.41, 5.74) is 0.391. The van der Waals surface area contributed by atoms with Gasteiger partial charge in [-0.3, -0.25) is 9.82 Å². The minimum Gasteiger partial charge on any atom is -0.494 e. The van der Waals surface area contributed by atoms with E-state index in [-0.39, 0.29) is 4.90 Å². The molecule has 8 heteroatoms. The number of hydrogen-bond donors (Lipinski definition) is 3. The Morgan fingerprint density at radius 1 is 1.29 bits per heavy atom. The Hall–Kier alpha value is -2.06. The maximum absolute atomic E-state index is 12.1. The van der Waals surface area contributed by atoms with Crippen LogP contribution in [0.5, 0.6) is 5.75 Å². The van der Waals surface area contributed by atoms with Crippen molar-refractivity contribution >= 4 is 15.7 Å². The summed E-state index contributed by atoms with van der Waals surface area (Å²) in [7, 11) is -1.72. The van der Waals surface area contributed by atoms with Crippen LogP contribution in [0.15, 0.2) is 41.6 Å². The normalized spacial score (nSPS) is 11.3. The van der Waals surface area contributed by atoms with E-state index >= 15 is 0 Å². The first-order chi connectivity index (χ1) is 10.1. The van der Waals surface area contributed by atoms with Crippen LogP contribution in [0.1, 0.15) is 6.42 Å². The lowest BCUT2D eigenvalue weighted by molar-refractivity contribution is 0.309. The quantitative estimate of drug-likeness (QED) is 0.637. The van der Waals surface area contributed by atoms with Crippen molar-refractivity contribution in [2.45, 2.75) is 11.3 Å². The molecule has 2 aromatic rings. The fourth-order valence-corrected chi connectivity index (χ4v) is 2.71. The number of rotatable bonds is 8. The summed E-state index contributed by atoms with van der Waals surface area (Å²) in [6.45, 7) is 1.46. The van der Waals surface area contributed by atoms with Gasteiger partial charge in [-0.15, -0.1) is 0 Å². The Balaban J connectivity index is 1.97. The summed E-state index contributed by atoms with van der Waals surface area (Å²) < 4.78 is 32.2. The number of aromatic nitrogens is 2. The van der Waals surface area contributed by atoms with Gasteiger partial charge in [0, 0.05) is 6.20 Å². The fourth-order valence-electron chi connectivity index (χ4n) is 1.67. The molecule has 0 aliphatic heterocycles. The lowest BCUT2D eigenvalue weighted by Gasteiger charge is -2.08. The summed E-state index contributed by atoms with van der Waals surface area (Å²) in [5, 5.41) is 9.26. The largest absolute Gasteiger partial charge is 0.494 e. The van der Waals surface area contributed by atoms with Crippen molar-refractivity contribution < 1.29 is 13.2 Å². The average molecular weight is 310 g/mol. The molecule has 0 saturated heterocycles. The zero-order valence-corrected chi connectivity index (χ0v) is 12.5. The van der Waals surface area contributed by atoms with Crippen molar-refractivity contribution in [2.75, 3.05) is 24.9 Å². The zero-order valence-electron chi connectivity index (χ0n) is 11.7. The molecular formula is C13H18N4O3S.